The van der Waals surface area contributed by atoms with Gasteiger partial charge < -0.3 is 10.0 Å². The van der Waals surface area contributed by atoms with Crippen molar-refractivity contribution in [2.24, 2.45) is 0 Å². The van der Waals surface area contributed by atoms with Gasteiger partial charge in [0.25, 0.3) is 0 Å². The lowest BCUT2D eigenvalue weighted by Crippen LogP contribution is -2.33. The molecule has 0 radical (unpaired) electrons. The summed E-state index contributed by atoms with van der Waals surface area (Å²) >= 11 is 7.97. The highest BCUT2D eigenvalue weighted by atomic mass is 127. The number of nitrogens with zero attached hydrogens (tertiary/aromatic N) is 3. The van der Waals surface area contributed by atoms with Gasteiger partial charge in [0.1, 0.15) is 5.82 Å². The summed E-state index contributed by atoms with van der Waals surface area (Å²) in [5.74, 6) is 0.820. The van der Waals surface area contributed by atoms with Gasteiger partial charge >= 0.3 is 0 Å². The van der Waals surface area contributed by atoms with E-state index in [2.05, 4.69) is 39.5 Å². The Labute approximate surface area is 114 Å². The highest BCUT2D eigenvalue weighted by molar-refractivity contribution is 14.1. The van der Waals surface area contributed by atoms with Crippen LogP contribution in [0.3, 0.4) is 0 Å². The Morgan fingerprint density at radius 1 is 1.62 bits per heavy atom. The molecule has 4 nitrogen and oxygen atoms in total. The second-order valence-corrected chi connectivity index (χ2v) is 5.00. The third-order valence-corrected chi connectivity index (χ3v) is 3.45. The summed E-state index contributed by atoms with van der Waals surface area (Å²) in [6.07, 6.45) is 3.38. The second-order valence-electron chi connectivity index (χ2n) is 3.50. The first-order valence-electron chi connectivity index (χ1n) is 5.11. The monoisotopic (exact) mass is 355 g/mol. The van der Waals surface area contributed by atoms with Crippen molar-refractivity contribution in [3.8, 4) is 0 Å². The third kappa shape index (κ3) is 3.43. The summed E-state index contributed by atoms with van der Waals surface area (Å²) in [6.45, 7) is 2.27. The first-order valence-corrected chi connectivity index (χ1v) is 6.57. The molecule has 16 heavy (non-hydrogen) atoms. The van der Waals surface area contributed by atoms with E-state index >= 15 is 0 Å². The van der Waals surface area contributed by atoms with Crippen molar-refractivity contribution in [1.29, 1.82) is 0 Å². The van der Waals surface area contributed by atoms with Gasteiger partial charge in [0, 0.05) is 25.9 Å². The van der Waals surface area contributed by atoms with Crippen LogP contribution < -0.4 is 4.90 Å². The van der Waals surface area contributed by atoms with Gasteiger partial charge in [-0.05, 0) is 47.0 Å². The number of aliphatic hydroxyl groups is 1. The van der Waals surface area contributed by atoms with E-state index in [4.69, 9.17) is 16.7 Å². The lowest BCUT2D eigenvalue weighted by atomic mass is 10.1. The minimum atomic E-state index is 0.179. The molecule has 0 amide bonds. The first-order chi connectivity index (χ1) is 7.60. The van der Waals surface area contributed by atoms with Crippen LogP contribution >= 0.6 is 34.2 Å². The van der Waals surface area contributed by atoms with Gasteiger partial charge in [-0.15, -0.1) is 0 Å². The number of hydrogen-bond acceptors (Lipinski definition) is 4. The summed E-state index contributed by atoms with van der Waals surface area (Å²) in [5.41, 5.74) is 0. The van der Waals surface area contributed by atoms with Crippen LogP contribution in [0.15, 0.2) is 6.20 Å². The average molecular weight is 356 g/mol. The Morgan fingerprint density at radius 2 is 2.31 bits per heavy atom. The van der Waals surface area contributed by atoms with Crippen LogP contribution in [0.1, 0.15) is 19.8 Å². The minimum absolute atomic E-state index is 0.179. The molecule has 0 spiro atoms. The fourth-order valence-corrected chi connectivity index (χ4v) is 2.35. The number of aliphatic hydroxyl groups excluding tert-OH is 1. The van der Waals surface area contributed by atoms with Crippen molar-refractivity contribution < 1.29 is 5.11 Å². The van der Waals surface area contributed by atoms with Crippen molar-refractivity contribution in [2.45, 2.75) is 25.8 Å². The molecule has 0 aliphatic heterocycles. The molecule has 90 valence electrons. The quantitative estimate of drug-likeness (QED) is 0.650. The van der Waals surface area contributed by atoms with Crippen LogP contribution in [-0.4, -0.2) is 34.8 Å². The second kappa shape index (κ2) is 6.56. The minimum Gasteiger partial charge on any atom is -0.396 e. The van der Waals surface area contributed by atoms with E-state index < -0.39 is 0 Å². The highest BCUT2D eigenvalue weighted by Crippen LogP contribution is 2.23. The molecule has 0 aliphatic rings. The SMILES string of the molecule is CCC(CCO)N(C)c1nc(Cl)ncc1I. The molecular weight excluding hydrogens is 340 g/mol. The van der Waals surface area contributed by atoms with Gasteiger partial charge in [0.15, 0.2) is 0 Å². The van der Waals surface area contributed by atoms with Gasteiger partial charge in [-0.2, -0.15) is 4.98 Å². The molecule has 1 aromatic heterocycles. The van der Waals surface area contributed by atoms with E-state index in [1.165, 1.54) is 0 Å². The van der Waals surface area contributed by atoms with E-state index in [1.54, 1.807) is 6.20 Å². The molecule has 0 fully saturated rings. The van der Waals surface area contributed by atoms with Crippen LogP contribution in [0.4, 0.5) is 5.82 Å². The normalized spacial score (nSPS) is 12.6. The first kappa shape index (κ1) is 13.9. The zero-order valence-electron chi connectivity index (χ0n) is 9.32. The largest absolute Gasteiger partial charge is 0.396 e. The fraction of sp³-hybridized carbons (Fsp3) is 0.600. The molecule has 1 heterocycles. The Hall–Kier alpha value is -0.140. The van der Waals surface area contributed by atoms with Gasteiger partial charge in [-0.25, -0.2) is 4.98 Å². The maximum atomic E-state index is 9.00. The lowest BCUT2D eigenvalue weighted by molar-refractivity contribution is 0.272. The maximum Gasteiger partial charge on any atom is 0.224 e. The summed E-state index contributed by atoms with van der Waals surface area (Å²) in [4.78, 5) is 10.2. The number of halogens is 2. The van der Waals surface area contributed by atoms with Crippen LogP contribution in [0.25, 0.3) is 0 Å². The van der Waals surface area contributed by atoms with Crippen molar-refractivity contribution in [3.63, 3.8) is 0 Å². The molecule has 6 heteroatoms. The van der Waals surface area contributed by atoms with E-state index in [1.807, 2.05) is 11.9 Å². The zero-order valence-corrected chi connectivity index (χ0v) is 12.2. The topological polar surface area (TPSA) is 49.2 Å². The van der Waals surface area contributed by atoms with Gasteiger partial charge in [-0.3, -0.25) is 0 Å². The van der Waals surface area contributed by atoms with Crippen molar-refractivity contribution in [1.82, 2.24) is 9.97 Å². The third-order valence-electron chi connectivity index (χ3n) is 2.51. The number of aromatic nitrogens is 2. The Morgan fingerprint density at radius 3 is 2.88 bits per heavy atom. The van der Waals surface area contributed by atoms with Gasteiger partial charge in [-0.1, -0.05) is 6.92 Å². The smallest absolute Gasteiger partial charge is 0.224 e. The summed E-state index contributed by atoms with van der Waals surface area (Å²) in [7, 11) is 1.96. The molecule has 1 unspecified atom stereocenters. The van der Waals surface area contributed by atoms with E-state index in [9.17, 15) is 0 Å². The average Bonchev–Trinajstić information content (AvgIpc) is 2.28. The maximum absolute atomic E-state index is 9.00. The molecule has 1 atom stereocenters. The standard InChI is InChI=1S/C10H15ClIN3O/c1-3-7(4-5-16)15(2)9-8(12)6-13-10(11)14-9/h6-7,16H,3-5H2,1-2H3. The molecule has 0 bridgehead atoms. The lowest BCUT2D eigenvalue weighted by Gasteiger charge is -2.28. The van der Waals surface area contributed by atoms with E-state index in [-0.39, 0.29) is 17.9 Å². The summed E-state index contributed by atoms with van der Waals surface area (Å²) in [5, 5.41) is 9.25. The molecule has 1 N–H and O–H groups in total. The van der Waals surface area contributed by atoms with Crippen LogP contribution in [-0.2, 0) is 0 Å². The van der Waals surface area contributed by atoms with Crippen LogP contribution in [0.2, 0.25) is 5.28 Å². The Bertz CT molecular complexity index is 351. The zero-order chi connectivity index (χ0) is 12.1. The highest BCUT2D eigenvalue weighted by Gasteiger charge is 2.17. The van der Waals surface area contributed by atoms with Gasteiger partial charge in [0.05, 0.1) is 3.57 Å². The molecule has 0 saturated heterocycles. The molecule has 0 saturated carbocycles. The predicted octanol–water partition coefficient (Wildman–Crippen LogP) is 2.33. The fourth-order valence-electron chi connectivity index (χ4n) is 1.58. The van der Waals surface area contributed by atoms with Crippen molar-refractivity contribution in [2.75, 3.05) is 18.6 Å². The molecular formula is C10H15ClIN3O. The molecule has 1 rings (SSSR count). The predicted molar refractivity (Wildman–Crippen MR) is 73.9 cm³/mol. The molecule has 1 aromatic rings. The Kier molecular flexibility index (Phi) is 5.71. The molecule has 0 aromatic carbocycles. The van der Waals surface area contributed by atoms with Crippen LogP contribution in [0, 0.1) is 3.57 Å². The van der Waals surface area contributed by atoms with Crippen LogP contribution in [0.5, 0.6) is 0 Å². The number of rotatable bonds is 5. The number of anilines is 1. The number of hydrogen-bond donors (Lipinski definition) is 1. The van der Waals surface area contributed by atoms with Gasteiger partial charge in [0.2, 0.25) is 5.28 Å². The van der Waals surface area contributed by atoms with E-state index in [0.717, 1.165) is 22.2 Å². The molecule has 0 aliphatic carbocycles. The van der Waals surface area contributed by atoms with Crippen molar-refractivity contribution in [3.05, 3.63) is 15.1 Å². The van der Waals surface area contributed by atoms with E-state index in [0.29, 0.717) is 0 Å². The summed E-state index contributed by atoms with van der Waals surface area (Å²) < 4.78 is 0.959. The van der Waals surface area contributed by atoms with Crippen molar-refractivity contribution >= 4 is 40.0 Å². The Balaban J connectivity index is 2.93. The summed E-state index contributed by atoms with van der Waals surface area (Å²) in [6, 6.07) is 0.268.